The highest BCUT2D eigenvalue weighted by Gasteiger charge is 2.50. The predicted molar refractivity (Wildman–Crippen MR) is 96.0 cm³/mol. The fraction of sp³-hybridized carbons (Fsp3) is 0.632. The highest BCUT2D eigenvalue weighted by atomic mass is 16.2. The first-order valence-electron chi connectivity index (χ1n) is 8.53. The van der Waals surface area contributed by atoms with Crippen LogP contribution in [-0.4, -0.2) is 37.6 Å². The van der Waals surface area contributed by atoms with Crippen molar-refractivity contribution in [3.8, 4) is 0 Å². The standard InChI is InChI=1S/C19H29N3O/c1-18(2)10-16-11-19(3,12-18)13-22(16)17(23)20-14-6-8-15(9-7-14)21(4)5/h6-9,16H,10-13H2,1-5H3,(H,20,23). The third-order valence-corrected chi connectivity index (χ3v) is 5.31. The molecule has 0 radical (unpaired) electrons. The molecule has 1 heterocycles. The summed E-state index contributed by atoms with van der Waals surface area (Å²) in [6.07, 6.45) is 3.46. The molecule has 2 fully saturated rings. The lowest BCUT2D eigenvalue weighted by Crippen LogP contribution is -2.40. The molecule has 1 aliphatic heterocycles. The summed E-state index contributed by atoms with van der Waals surface area (Å²) in [5, 5.41) is 3.08. The van der Waals surface area contributed by atoms with Gasteiger partial charge >= 0.3 is 6.03 Å². The second-order valence-corrected chi connectivity index (χ2v) is 8.71. The molecule has 1 aliphatic carbocycles. The molecule has 23 heavy (non-hydrogen) atoms. The van der Waals surface area contributed by atoms with Gasteiger partial charge in [0, 0.05) is 38.1 Å². The average molecular weight is 315 g/mol. The SMILES string of the molecule is CN(C)c1ccc(NC(=O)N2CC3(C)CC2CC(C)(C)C3)cc1. The molecule has 2 amide bonds. The van der Waals surface area contributed by atoms with Gasteiger partial charge in [0.15, 0.2) is 0 Å². The summed E-state index contributed by atoms with van der Waals surface area (Å²) in [5.74, 6) is 0. The Kier molecular flexibility index (Phi) is 3.81. The molecular weight excluding hydrogens is 286 g/mol. The van der Waals surface area contributed by atoms with Crippen LogP contribution in [0.5, 0.6) is 0 Å². The Labute approximate surface area is 139 Å². The van der Waals surface area contributed by atoms with Gasteiger partial charge < -0.3 is 15.1 Å². The van der Waals surface area contributed by atoms with E-state index in [0.29, 0.717) is 11.5 Å². The van der Waals surface area contributed by atoms with Crippen molar-refractivity contribution in [2.75, 3.05) is 30.9 Å². The van der Waals surface area contributed by atoms with Crippen LogP contribution in [0.1, 0.15) is 40.0 Å². The second-order valence-electron chi connectivity index (χ2n) is 8.71. The number of benzene rings is 1. The first-order chi connectivity index (χ1) is 10.7. The van der Waals surface area contributed by atoms with Crippen LogP contribution in [0.4, 0.5) is 16.2 Å². The molecule has 1 saturated carbocycles. The van der Waals surface area contributed by atoms with Gasteiger partial charge in [-0.2, -0.15) is 0 Å². The van der Waals surface area contributed by atoms with Crippen molar-refractivity contribution in [1.82, 2.24) is 4.90 Å². The van der Waals surface area contributed by atoms with E-state index in [2.05, 4.69) is 35.9 Å². The van der Waals surface area contributed by atoms with E-state index in [9.17, 15) is 4.79 Å². The number of urea groups is 1. The molecule has 3 rings (SSSR count). The molecule has 0 aromatic heterocycles. The number of likely N-dealkylation sites (tertiary alicyclic amines) is 1. The lowest BCUT2D eigenvalue weighted by Gasteiger charge is -2.39. The molecule has 4 heteroatoms. The van der Waals surface area contributed by atoms with Gasteiger partial charge in [-0.1, -0.05) is 20.8 Å². The molecule has 1 N–H and O–H groups in total. The molecule has 1 saturated heterocycles. The third kappa shape index (κ3) is 3.31. The fourth-order valence-electron chi connectivity index (χ4n) is 4.74. The van der Waals surface area contributed by atoms with E-state index < -0.39 is 0 Å². The zero-order valence-corrected chi connectivity index (χ0v) is 15.0. The Balaban J connectivity index is 1.69. The summed E-state index contributed by atoms with van der Waals surface area (Å²) in [6, 6.07) is 8.44. The molecule has 1 aromatic rings. The quantitative estimate of drug-likeness (QED) is 0.888. The van der Waals surface area contributed by atoms with E-state index in [1.165, 1.54) is 6.42 Å². The number of amides is 2. The van der Waals surface area contributed by atoms with Gasteiger partial charge in [0.05, 0.1) is 0 Å². The maximum absolute atomic E-state index is 12.7. The molecule has 2 atom stereocenters. The van der Waals surface area contributed by atoms with E-state index in [4.69, 9.17) is 0 Å². The van der Waals surface area contributed by atoms with E-state index in [1.54, 1.807) is 0 Å². The second kappa shape index (κ2) is 5.43. The highest BCUT2D eigenvalue weighted by Crippen LogP contribution is 2.52. The van der Waals surface area contributed by atoms with E-state index in [-0.39, 0.29) is 11.4 Å². The van der Waals surface area contributed by atoms with E-state index in [0.717, 1.165) is 30.8 Å². The Morgan fingerprint density at radius 2 is 1.83 bits per heavy atom. The van der Waals surface area contributed by atoms with Crippen LogP contribution >= 0.6 is 0 Å². The summed E-state index contributed by atoms with van der Waals surface area (Å²) < 4.78 is 0. The highest BCUT2D eigenvalue weighted by molar-refractivity contribution is 5.90. The van der Waals surface area contributed by atoms with Crippen LogP contribution in [0.3, 0.4) is 0 Å². The molecular formula is C19H29N3O. The monoisotopic (exact) mass is 315 g/mol. The van der Waals surface area contributed by atoms with Gasteiger partial charge in [-0.25, -0.2) is 4.79 Å². The Morgan fingerprint density at radius 3 is 2.43 bits per heavy atom. The maximum atomic E-state index is 12.7. The normalized spacial score (nSPS) is 28.6. The zero-order valence-electron chi connectivity index (χ0n) is 15.0. The predicted octanol–water partition coefficient (Wildman–Crippen LogP) is 4.19. The summed E-state index contributed by atoms with van der Waals surface area (Å²) in [6.45, 7) is 7.88. The molecule has 4 nitrogen and oxygen atoms in total. The number of carbonyl (C=O) groups is 1. The fourth-order valence-corrected chi connectivity index (χ4v) is 4.74. The van der Waals surface area contributed by atoms with Crippen LogP contribution in [-0.2, 0) is 0 Å². The summed E-state index contributed by atoms with van der Waals surface area (Å²) in [4.78, 5) is 16.9. The van der Waals surface area contributed by atoms with Gasteiger partial charge in [-0.15, -0.1) is 0 Å². The minimum Gasteiger partial charge on any atom is -0.378 e. The molecule has 0 spiro atoms. The third-order valence-electron chi connectivity index (χ3n) is 5.31. The van der Waals surface area contributed by atoms with Gasteiger partial charge in [0.1, 0.15) is 0 Å². The summed E-state index contributed by atoms with van der Waals surface area (Å²) >= 11 is 0. The number of nitrogens with zero attached hydrogens (tertiary/aromatic N) is 2. The molecule has 126 valence electrons. The largest absolute Gasteiger partial charge is 0.378 e. The number of carbonyl (C=O) groups excluding carboxylic acids is 1. The maximum Gasteiger partial charge on any atom is 0.322 e. The Morgan fingerprint density at radius 1 is 1.17 bits per heavy atom. The number of hydrogen-bond donors (Lipinski definition) is 1. The topological polar surface area (TPSA) is 35.6 Å². The van der Waals surface area contributed by atoms with Crippen LogP contribution < -0.4 is 10.2 Å². The smallest absolute Gasteiger partial charge is 0.322 e. The van der Waals surface area contributed by atoms with Gasteiger partial charge in [-0.05, 0) is 54.4 Å². The number of fused-ring (bicyclic) bond motifs is 2. The zero-order chi connectivity index (χ0) is 16.8. The van der Waals surface area contributed by atoms with E-state index >= 15 is 0 Å². The van der Waals surface area contributed by atoms with Gasteiger partial charge in [0.2, 0.25) is 0 Å². The number of hydrogen-bond acceptors (Lipinski definition) is 2. The van der Waals surface area contributed by atoms with Crippen molar-refractivity contribution >= 4 is 17.4 Å². The number of anilines is 2. The van der Waals surface area contributed by atoms with Crippen LogP contribution in [0.25, 0.3) is 0 Å². The molecule has 2 bridgehead atoms. The minimum absolute atomic E-state index is 0.0500. The van der Waals surface area contributed by atoms with Crippen LogP contribution in [0.2, 0.25) is 0 Å². The molecule has 2 unspecified atom stereocenters. The lowest BCUT2D eigenvalue weighted by molar-refractivity contribution is 0.130. The minimum atomic E-state index is 0.0500. The summed E-state index contributed by atoms with van der Waals surface area (Å²) in [5.41, 5.74) is 2.61. The van der Waals surface area contributed by atoms with Crippen molar-refractivity contribution in [3.63, 3.8) is 0 Å². The van der Waals surface area contributed by atoms with Gasteiger partial charge in [0.25, 0.3) is 0 Å². The Hall–Kier alpha value is -1.71. The van der Waals surface area contributed by atoms with Crippen LogP contribution in [0, 0.1) is 10.8 Å². The molecule has 2 aliphatic rings. The van der Waals surface area contributed by atoms with E-state index in [1.807, 2.05) is 38.4 Å². The van der Waals surface area contributed by atoms with Crippen LogP contribution in [0.15, 0.2) is 24.3 Å². The lowest BCUT2D eigenvalue weighted by atomic mass is 9.65. The summed E-state index contributed by atoms with van der Waals surface area (Å²) in [7, 11) is 4.03. The first-order valence-corrected chi connectivity index (χ1v) is 8.53. The van der Waals surface area contributed by atoms with Crippen molar-refractivity contribution < 1.29 is 4.79 Å². The van der Waals surface area contributed by atoms with Crippen molar-refractivity contribution in [2.45, 2.75) is 46.1 Å². The molecule has 1 aromatic carbocycles. The van der Waals surface area contributed by atoms with Crippen molar-refractivity contribution in [1.29, 1.82) is 0 Å². The first kappa shape index (κ1) is 16.2. The number of rotatable bonds is 2. The van der Waals surface area contributed by atoms with Crippen molar-refractivity contribution in [3.05, 3.63) is 24.3 Å². The van der Waals surface area contributed by atoms with Gasteiger partial charge in [-0.3, -0.25) is 0 Å². The average Bonchev–Trinajstić information content (AvgIpc) is 2.68. The van der Waals surface area contributed by atoms with Crippen molar-refractivity contribution in [2.24, 2.45) is 10.8 Å². The number of nitrogens with one attached hydrogen (secondary N) is 1. The Bertz CT molecular complexity index is 593.